The SMILES string of the molecule is O=C(O)CC1(NC(=O)C(F)(F)CNC(=O)OCC2c3ccccc3-c3ccccc32)CCCC1. The molecule has 0 unspecified atom stereocenters. The molecule has 9 heteroatoms. The number of hydrogen-bond donors (Lipinski definition) is 3. The molecular formula is C25H26F2N2O5. The Labute approximate surface area is 195 Å². The number of aliphatic carboxylic acids is 1. The van der Waals surface area contributed by atoms with Gasteiger partial charge in [-0.3, -0.25) is 9.59 Å². The molecule has 7 nitrogen and oxygen atoms in total. The molecular weight excluding hydrogens is 446 g/mol. The number of carbonyl (C=O) groups excluding carboxylic acids is 2. The van der Waals surface area contributed by atoms with Crippen LogP contribution in [0.5, 0.6) is 0 Å². The lowest BCUT2D eigenvalue weighted by Crippen LogP contribution is -2.56. The van der Waals surface area contributed by atoms with Crippen LogP contribution in [0.4, 0.5) is 13.6 Å². The van der Waals surface area contributed by atoms with E-state index in [2.05, 4.69) is 5.32 Å². The number of hydrogen-bond acceptors (Lipinski definition) is 4. The van der Waals surface area contributed by atoms with Gasteiger partial charge in [-0.05, 0) is 35.1 Å². The Hall–Kier alpha value is -3.49. The number of amides is 2. The average Bonchev–Trinajstić information content (AvgIpc) is 3.38. The van der Waals surface area contributed by atoms with Crippen molar-refractivity contribution in [3.8, 4) is 11.1 Å². The average molecular weight is 472 g/mol. The molecule has 2 amide bonds. The number of alkyl carbamates (subject to hydrolysis) is 1. The van der Waals surface area contributed by atoms with Gasteiger partial charge < -0.3 is 20.5 Å². The number of nitrogens with one attached hydrogen (secondary N) is 2. The molecule has 0 aromatic heterocycles. The Bertz CT molecular complexity index is 1050. The summed E-state index contributed by atoms with van der Waals surface area (Å²) in [6.45, 7) is -1.29. The molecule has 0 atom stereocenters. The van der Waals surface area contributed by atoms with Crippen LogP contribution in [-0.2, 0) is 14.3 Å². The quantitative estimate of drug-likeness (QED) is 0.537. The minimum absolute atomic E-state index is 0.0423. The molecule has 3 N–H and O–H groups in total. The molecule has 180 valence electrons. The lowest BCUT2D eigenvalue weighted by molar-refractivity contribution is -0.148. The lowest BCUT2D eigenvalue weighted by atomic mass is 9.93. The predicted molar refractivity (Wildman–Crippen MR) is 120 cm³/mol. The number of carbonyl (C=O) groups is 3. The number of carboxylic acids is 1. The van der Waals surface area contributed by atoms with E-state index in [1.54, 1.807) is 0 Å². The summed E-state index contributed by atoms with van der Waals surface area (Å²) in [5, 5.41) is 13.3. The highest BCUT2D eigenvalue weighted by atomic mass is 19.3. The molecule has 2 aliphatic rings. The van der Waals surface area contributed by atoms with Gasteiger partial charge in [-0.15, -0.1) is 0 Å². The van der Waals surface area contributed by atoms with E-state index in [0.717, 1.165) is 22.3 Å². The fraction of sp³-hybridized carbons (Fsp3) is 0.400. The van der Waals surface area contributed by atoms with E-state index in [4.69, 9.17) is 9.84 Å². The number of alkyl halides is 2. The molecule has 0 saturated heterocycles. The fourth-order valence-electron chi connectivity index (χ4n) is 4.93. The van der Waals surface area contributed by atoms with Crippen LogP contribution in [0, 0.1) is 0 Å². The molecule has 1 fully saturated rings. The largest absolute Gasteiger partial charge is 0.481 e. The van der Waals surface area contributed by atoms with E-state index >= 15 is 0 Å². The van der Waals surface area contributed by atoms with Crippen LogP contribution in [0.3, 0.4) is 0 Å². The first kappa shape index (κ1) is 23.7. The Balaban J connectivity index is 1.33. The summed E-state index contributed by atoms with van der Waals surface area (Å²) < 4.78 is 34.1. The molecule has 1 saturated carbocycles. The van der Waals surface area contributed by atoms with E-state index in [0.29, 0.717) is 25.7 Å². The standard InChI is InChI=1S/C25H26F2N2O5/c26-25(27,22(32)29-24(13-21(30)31)11-5-6-12-24)15-28-23(33)34-14-20-18-9-3-1-7-16(18)17-8-2-4-10-19(17)20/h1-4,7-10,20H,5-6,11-15H2,(H,28,33)(H,29,32)(H,30,31). The maximum absolute atomic E-state index is 14.4. The summed E-state index contributed by atoms with van der Waals surface area (Å²) in [7, 11) is 0. The molecule has 0 heterocycles. The maximum Gasteiger partial charge on any atom is 0.407 e. The summed E-state index contributed by atoms with van der Waals surface area (Å²) >= 11 is 0. The molecule has 4 rings (SSSR count). The third kappa shape index (κ3) is 4.88. The van der Waals surface area contributed by atoms with Crippen LogP contribution in [0.2, 0.25) is 0 Å². The number of benzene rings is 2. The van der Waals surface area contributed by atoms with Gasteiger partial charge in [-0.2, -0.15) is 8.78 Å². The number of fused-ring (bicyclic) bond motifs is 3. The molecule has 2 aromatic rings. The molecule has 2 aromatic carbocycles. The van der Waals surface area contributed by atoms with Gasteiger partial charge in [0.15, 0.2) is 0 Å². The van der Waals surface area contributed by atoms with Crippen molar-refractivity contribution in [3.05, 3.63) is 59.7 Å². The topological polar surface area (TPSA) is 105 Å². The summed E-state index contributed by atoms with van der Waals surface area (Å²) in [6, 6.07) is 15.5. The van der Waals surface area contributed by atoms with Crippen molar-refractivity contribution < 1.29 is 33.0 Å². The maximum atomic E-state index is 14.4. The van der Waals surface area contributed by atoms with Crippen LogP contribution in [-0.4, -0.2) is 47.7 Å². The van der Waals surface area contributed by atoms with E-state index < -0.39 is 42.4 Å². The Morgan fingerprint density at radius 2 is 1.56 bits per heavy atom. The zero-order valence-corrected chi connectivity index (χ0v) is 18.5. The van der Waals surface area contributed by atoms with Crippen LogP contribution in [0.25, 0.3) is 11.1 Å². The molecule has 0 radical (unpaired) electrons. The smallest absolute Gasteiger partial charge is 0.407 e. The first-order chi connectivity index (χ1) is 16.2. The van der Waals surface area contributed by atoms with E-state index in [9.17, 15) is 23.2 Å². The molecule has 0 bridgehead atoms. The number of rotatable bonds is 8. The van der Waals surface area contributed by atoms with E-state index in [-0.39, 0.29) is 12.5 Å². The normalized spacial score (nSPS) is 16.4. The van der Waals surface area contributed by atoms with E-state index in [1.807, 2.05) is 53.8 Å². The van der Waals surface area contributed by atoms with Crippen molar-refractivity contribution >= 4 is 18.0 Å². The fourth-order valence-corrected chi connectivity index (χ4v) is 4.93. The second-order valence-corrected chi connectivity index (χ2v) is 8.90. The van der Waals surface area contributed by atoms with Crippen LogP contribution in [0.15, 0.2) is 48.5 Å². The van der Waals surface area contributed by atoms with Crippen LogP contribution < -0.4 is 10.6 Å². The van der Waals surface area contributed by atoms with Crippen molar-refractivity contribution in [1.82, 2.24) is 10.6 Å². The molecule has 2 aliphatic carbocycles. The zero-order valence-electron chi connectivity index (χ0n) is 18.5. The Morgan fingerprint density at radius 3 is 2.12 bits per heavy atom. The summed E-state index contributed by atoms with van der Waals surface area (Å²) in [6.07, 6.45) is 0.459. The second kappa shape index (κ2) is 9.40. The van der Waals surface area contributed by atoms with Gasteiger partial charge in [0, 0.05) is 5.92 Å². The van der Waals surface area contributed by atoms with Crippen molar-refractivity contribution in [2.45, 2.75) is 49.5 Å². The van der Waals surface area contributed by atoms with Gasteiger partial charge in [-0.25, -0.2) is 4.79 Å². The number of carboxylic acid groups (broad SMARTS) is 1. The van der Waals surface area contributed by atoms with Gasteiger partial charge in [0.2, 0.25) is 0 Å². The number of halogens is 2. The van der Waals surface area contributed by atoms with Crippen LogP contribution in [0.1, 0.15) is 49.1 Å². The monoisotopic (exact) mass is 472 g/mol. The zero-order chi connectivity index (χ0) is 24.3. The summed E-state index contributed by atoms with van der Waals surface area (Å²) in [4.78, 5) is 35.5. The minimum atomic E-state index is -3.92. The lowest BCUT2D eigenvalue weighted by Gasteiger charge is -2.30. The first-order valence-electron chi connectivity index (χ1n) is 11.2. The summed E-state index contributed by atoms with van der Waals surface area (Å²) in [5.74, 6) is -6.91. The minimum Gasteiger partial charge on any atom is -0.481 e. The highest BCUT2D eigenvalue weighted by Crippen LogP contribution is 2.44. The third-order valence-corrected chi connectivity index (χ3v) is 6.56. The predicted octanol–water partition coefficient (Wildman–Crippen LogP) is 4.06. The van der Waals surface area contributed by atoms with Gasteiger partial charge in [0.25, 0.3) is 5.91 Å². The van der Waals surface area contributed by atoms with Gasteiger partial charge in [0.05, 0.1) is 18.5 Å². The second-order valence-electron chi connectivity index (χ2n) is 8.90. The van der Waals surface area contributed by atoms with Crippen molar-refractivity contribution in [2.24, 2.45) is 0 Å². The van der Waals surface area contributed by atoms with Crippen molar-refractivity contribution in [2.75, 3.05) is 13.2 Å². The first-order valence-corrected chi connectivity index (χ1v) is 11.2. The molecule has 34 heavy (non-hydrogen) atoms. The number of ether oxygens (including phenoxy) is 1. The van der Waals surface area contributed by atoms with Crippen LogP contribution >= 0.6 is 0 Å². The summed E-state index contributed by atoms with van der Waals surface area (Å²) in [5.41, 5.74) is 2.87. The van der Waals surface area contributed by atoms with Gasteiger partial charge in [-0.1, -0.05) is 61.4 Å². The third-order valence-electron chi connectivity index (χ3n) is 6.56. The van der Waals surface area contributed by atoms with Crippen molar-refractivity contribution in [3.63, 3.8) is 0 Å². The van der Waals surface area contributed by atoms with Gasteiger partial charge >= 0.3 is 18.0 Å². The highest BCUT2D eigenvalue weighted by molar-refractivity contribution is 5.86. The molecule has 0 aliphatic heterocycles. The molecule has 0 spiro atoms. The van der Waals surface area contributed by atoms with E-state index in [1.165, 1.54) is 0 Å². The Morgan fingerprint density at radius 1 is 1.00 bits per heavy atom. The van der Waals surface area contributed by atoms with Crippen molar-refractivity contribution in [1.29, 1.82) is 0 Å². The Kier molecular flexibility index (Phi) is 6.54. The van der Waals surface area contributed by atoms with Gasteiger partial charge in [0.1, 0.15) is 6.61 Å². The highest BCUT2D eigenvalue weighted by Gasteiger charge is 2.46.